The quantitative estimate of drug-likeness (QED) is 0.878. The predicted molar refractivity (Wildman–Crippen MR) is 66.3 cm³/mol. The van der Waals surface area contributed by atoms with E-state index in [9.17, 15) is 4.39 Å². The van der Waals surface area contributed by atoms with Crippen molar-refractivity contribution in [2.45, 2.75) is 26.4 Å². The van der Waals surface area contributed by atoms with Crippen molar-refractivity contribution in [1.82, 2.24) is 9.55 Å². The van der Waals surface area contributed by atoms with Crippen LogP contribution in [0.2, 0.25) is 0 Å². The maximum Gasteiger partial charge on any atom is 0.123 e. The molecule has 17 heavy (non-hydrogen) atoms. The van der Waals surface area contributed by atoms with Gasteiger partial charge in [0.1, 0.15) is 5.82 Å². The van der Waals surface area contributed by atoms with Gasteiger partial charge in [0.05, 0.1) is 18.6 Å². The second kappa shape index (κ2) is 4.99. The maximum absolute atomic E-state index is 12.7. The van der Waals surface area contributed by atoms with E-state index in [0.717, 1.165) is 11.4 Å². The molecule has 0 saturated carbocycles. The molecule has 0 radical (unpaired) electrons. The Hall–Kier alpha value is -1.84. The Kier molecular flexibility index (Phi) is 3.42. The second-order valence-electron chi connectivity index (χ2n) is 4.25. The Bertz CT molecular complexity index is 474. The minimum Gasteiger partial charge on any atom is -0.379 e. The van der Waals surface area contributed by atoms with E-state index in [1.807, 2.05) is 12.5 Å². The molecule has 1 aromatic carbocycles. The van der Waals surface area contributed by atoms with E-state index in [1.54, 1.807) is 12.1 Å². The number of nitrogens with one attached hydrogen (secondary N) is 1. The number of anilines is 1. The molecule has 0 saturated heterocycles. The van der Waals surface area contributed by atoms with Crippen LogP contribution in [0.15, 0.2) is 36.8 Å². The van der Waals surface area contributed by atoms with Crippen LogP contribution in [0.5, 0.6) is 0 Å². The zero-order chi connectivity index (χ0) is 12.3. The van der Waals surface area contributed by atoms with Crippen molar-refractivity contribution in [1.29, 1.82) is 0 Å². The highest BCUT2D eigenvalue weighted by atomic mass is 19.1. The first-order valence-electron chi connectivity index (χ1n) is 5.67. The molecule has 3 nitrogen and oxygen atoms in total. The van der Waals surface area contributed by atoms with Gasteiger partial charge in [-0.25, -0.2) is 9.37 Å². The molecule has 0 unspecified atom stereocenters. The van der Waals surface area contributed by atoms with E-state index in [2.05, 4.69) is 28.7 Å². The van der Waals surface area contributed by atoms with Gasteiger partial charge in [-0.1, -0.05) is 0 Å². The molecule has 1 heterocycles. The highest BCUT2D eigenvalue weighted by Crippen LogP contribution is 2.12. The molecule has 1 N–H and O–H groups in total. The van der Waals surface area contributed by atoms with Crippen molar-refractivity contribution in [3.05, 3.63) is 48.3 Å². The molecule has 0 aliphatic heterocycles. The first-order chi connectivity index (χ1) is 8.16. The third kappa shape index (κ3) is 2.84. The fourth-order valence-corrected chi connectivity index (χ4v) is 1.69. The van der Waals surface area contributed by atoms with Crippen molar-refractivity contribution in [2.75, 3.05) is 5.32 Å². The van der Waals surface area contributed by atoms with E-state index >= 15 is 0 Å². The number of rotatable bonds is 4. The van der Waals surface area contributed by atoms with Crippen molar-refractivity contribution in [3.63, 3.8) is 0 Å². The van der Waals surface area contributed by atoms with Crippen LogP contribution >= 0.6 is 0 Å². The SMILES string of the molecule is CC(C)n1cncc1CNc1ccc(F)cc1. The Morgan fingerprint density at radius 3 is 2.65 bits per heavy atom. The van der Waals surface area contributed by atoms with Gasteiger partial charge in [0.15, 0.2) is 0 Å². The summed E-state index contributed by atoms with van der Waals surface area (Å²) in [4.78, 5) is 4.13. The highest BCUT2D eigenvalue weighted by molar-refractivity contribution is 5.43. The summed E-state index contributed by atoms with van der Waals surface area (Å²) in [5, 5.41) is 3.24. The number of hydrogen-bond donors (Lipinski definition) is 1. The summed E-state index contributed by atoms with van der Waals surface area (Å²) >= 11 is 0. The average molecular weight is 233 g/mol. The molecule has 90 valence electrons. The van der Waals surface area contributed by atoms with Crippen LogP contribution in [0.1, 0.15) is 25.6 Å². The maximum atomic E-state index is 12.7. The monoisotopic (exact) mass is 233 g/mol. The summed E-state index contributed by atoms with van der Waals surface area (Å²) in [5.74, 6) is -0.220. The molecular weight excluding hydrogens is 217 g/mol. The van der Waals surface area contributed by atoms with Gasteiger partial charge in [-0.3, -0.25) is 0 Å². The van der Waals surface area contributed by atoms with Crippen LogP contribution in [0, 0.1) is 5.82 Å². The van der Waals surface area contributed by atoms with Crippen molar-refractivity contribution < 1.29 is 4.39 Å². The van der Waals surface area contributed by atoms with E-state index in [1.165, 1.54) is 12.1 Å². The van der Waals surface area contributed by atoms with Gasteiger partial charge in [-0.15, -0.1) is 0 Å². The highest BCUT2D eigenvalue weighted by Gasteiger charge is 2.04. The summed E-state index contributed by atoms with van der Waals surface area (Å²) < 4.78 is 14.8. The molecular formula is C13H16FN3. The Labute approximate surface area is 100 Å². The zero-order valence-corrected chi connectivity index (χ0v) is 10.0. The fraction of sp³-hybridized carbons (Fsp3) is 0.308. The van der Waals surface area contributed by atoms with E-state index in [-0.39, 0.29) is 5.82 Å². The van der Waals surface area contributed by atoms with Crippen LogP contribution in [-0.2, 0) is 6.54 Å². The topological polar surface area (TPSA) is 29.9 Å². The Morgan fingerprint density at radius 1 is 1.29 bits per heavy atom. The van der Waals surface area contributed by atoms with Crippen molar-refractivity contribution >= 4 is 5.69 Å². The van der Waals surface area contributed by atoms with Crippen LogP contribution < -0.4 is 5.32 Å². The summed E-state index contributed by atoms with van der Waals surface area (Å²) in [6.07, 6.45) is 3.67. The third-order valence-electron chi connectivity index (χ3n) is 2.62. The molecule has 0 spiro atoms. The lowest BCUT2D eigenvalue weighted by Crippen LogP contribution is -2.08. The van der Waals surface area contributed by atoms with Crippen LogP contribution in [0.4, 0.5) is 10.1 Å². The zero-order valence-electron chi connectivity index (χ0n) is 10.0. The molecule has 0 fully saturated rings. The Morgan fingerprint density at radius 2 is 2.00 bits per heavy atom. The van der Waals surface area contributed by atoms with Gasteiger partial charge in [0, 0.05) is 17.9 Å². The van der Waals surface area contributed by atoms with Gasteiger partial charge in [0.25, 0.3) is 0 Å². The van der Waals surface area contributed by atoms with E-state index < -0.39 is 0 Å². The smallest absolute Gasteiger partial charge is 0.123 e. The molecule has 2 aromatic rings. The number of benzene rings is 1. The summed E-state index contributed by atoms with van der Waals surface area (Å²) in [5.41, 5.74) is 2.02. The minimum absolute atomic E-state index is 0.220. The second-order valence-corrected chi connectivity index (χ2v) is 4.25. The molecule has 0 aliphatic carbocycles. The Balaban J connectivity index is 2.02. The minimum atomic E-state index is -0.220. The van der Waals surface area contributed by atoms with Gasteiger partial charge in [-0.05, 0) is 38.1 Å². The molecule has 0 bridgehead atoms. The van der Waals surface area contributed by atoms with Gasteiger partial charge < -0.3 is 9.88 Å². The molecule has 4 heteroatoms. The summed E-state index contributed by atoms with van der Waals surface area (Å²) in [6, 6.07) is 6.74. The predicted octanol–water partition coefficient (Wildman–Crippen LogP) is 3.22. The number of imidazole rings is 1. The molecule has 0 aliphatic rings. The van der Waals surface area contributed by atoms with E-state index in [0.29, 0.717) is 12.6 Å². The number of hydrogen-bond acceptors (Lipinski definition) is 2. The first kappa shape index (κ1) is 11.6. The molecule has 2 rings (SSSR count). The largest absolute Gasteiger partial charge is 0.379 e. The van der Waals surface area contributed by atoms with Crippen LogP contribution in [-0.4, -0.2) is 9.55 Å². The third-order valence-corrected chi connectivity index (χ3v) is 2.62. The molecule has 1 aromatic heterocycles. The molecule has 0 atom stereocenters. The normalized spacial score (nSPS) is 10.8. The lowest BCUT2D eigenvalue weighted by atomic mass is 10.3. The van der Waals surface area contributed by atoms with Crippen molar-refractivity contribution in [2.24, 2.45) is 0 Å². The van der Waals surface area contributed by atoms with Gasteiger partial charge in [-0.2, -0.15) is 0 Å². The lowest BCUT2D eigenvalue weighted by Gasteiger charge is -2.12. The van der Waals surface area contributed by atoms with E-state index in [4.69, 9.17) is 0 Å². The number of aromatic nitrogens is 2. The van der Waals surface area contributed by atoms with Gasteiger partial charge >= 0.3 is 0 Å². The number of nitrogens with zero attached hydrogens (tertiary/aromatic N) is 2. The van der Waals surface area contributed by atoms with Crippen LogP contribution in [0.3, 0.4) is 0 Å². The number of halogens is 1. The molecule has 0 amide bonds. The summed E-state index contributed by atoms with van der Waals surface area (Å²) in [6.45, 7) is 4.91. The van der Waals surface area contributed by atoms with Crippen molar-refractivity contribution in [3.8, 4) is 0 Å². The standard InChI is InChI=1S/C13H16FN3/c1-10(2)17-9-15-7-13(17)8-16-12-5-3-11(14)4-6-12/h3-7,9-10,16H,8H2,1-2H3. The lowest BCUT2D eigenvalue weighted by molar-refractivity contribution is 0.577. The first-order valence-corrected chi connectivity index (χ1v) is 5.67. The average Bonchev–Trinajstić information content (AvgIpc) is 2.76. The van der Waals surface area contributed by atoms with Gasteiger partial charge in [0.2, 0.25) is 0 Å². The van der Waals surface area contributed by atoms with Crippen LogP contribution in [0.25, 0.3) is 0 Å². The fourth-order valence-electron chi connectivity index (χ4n) is 1.69. The summed E-state index contributed by atoms with van der Waals surface area (Å²) in [7, 11) is 0.